The van der Waals surface area contributed by atoms with Gasteiger partial charge in [-0.3, -0.25) is 4.79 Å². The van der Waals surface area contributed by atoms with Gasteiger partial charge in [-0.2, -0.15) is 0 Å². The highest BCUT2D eigenvalue weighted by atomic mass is 16.1. The zero-order valence-electron chi connectivity index (χ0n) is 10.3. The second-order valence-corrected chi connectivity index (χ2v) is 3.93. The smallest absolute Gasteiger partial charge is 0.248 e. The van der Waals surface area contributed by atoms with E-state index in [1.165, 1.54) is 11.6 Å². The summed E-state index contributed by atoms with van der Waals surface area (Å²) in [5.41, 5.74) is 3.11. The molecule has 0 heterocycles. The van der Waals surface area contributed by atoms with Crippen LogP contribution in [0.4, 0.5) is 5.69 Å². The third-order valence-corrected chi connectivity index (χ3v) is 2.58. The van der Waals surface area contributed by atoms with Gasteiger partial charge in [0.2, 0.25) is 5.91 Å². The molecule has 2 aromatic carbocycles. The fourth-order valence-corrected chi connectivity index (χ4v) is 1.71. The summed E-state index contributed by atoms with van der Waals surface area (Å²) in [6.45, 7) is 1.82. The highest BCUT2D eigenvalue weighted by Gasteiger charge is 1.99. The summed E-state index contributed by atoms with van der Waals surface area (Å²) in [5.74, 6) is -0.107. The molecule has 90 valence electrons. The van der Waals surface area contributed by atoms with Crippen molar-refractivity contribution in [2.24, 2.45) is 0 Å². The molecule has 0 aliphatic heterocycles. The van der Waals surface area contributed by atoms with Crippen LogP contribution < -0.4 is 5.32 Å². The van der Waals surface area contributed by atoms with Crippen molar-refractivity contribution in [3.05, 3.63) is 66.7 Å². The number of nitrogens with one attached hydrogen (secondary N) is 1. The van der Waals surface area contributed by atoms with Crippen molar-refractivity contribution >= 4 is 11.6 Å². The Morgan fingerprint density at radius 1 is 0.944 bits per heavy atom. The Labute approximate surface area is 107 Å². The normalized spacial score (nSPS) is 10.5. The number of rotatable bonds is 3. The van der Waals surface area contributed by atoms with E-state index in [0.29, 0.717) is 0 Å². The molecule has 0 aliphatic carbocycles. The van der Waals surface area contributed by atoms with Crippen molar-refractivity contribution in [3.8, 4) is 11.1 Å². The highest BCUT2D eigenvalue weighted by Crippen LogP contribution is 2.20. The molecule has 2 aromatic rings. The van der Waals surface area contributed by atoms with Gasteiger partial charge < -0.3 is 5.32 Å². The van der Waals surface area contributed by atoms with Gasteiger partial charge in [0.05, 0.1) is 0 Å². The Kier molecular flexibility index (Phi) is 3.92. The minimum Gasteiger partial charge on any atom is -0.323 e. The lowest BCUT2D eigenvalue weighted by Crippen LogP contribution is -2.07. The van der Waals surface area contributed by atoms with E-state index in [1.54, 1.807) is 6.08 Å². The molecular weight excluding hydrogens is 222 g/mol. The number of anilines is 1. The van der Waals surface area contributed by atoms with E-state index in [2.05, 4.69) is 17.4 Å². The van der Waals surface area contributed by atoms with Crippen LogP contribution in [0.15, 0.2) is 66.7 Å². The molecule has 0 bridgehead atoms. The molecule has 0 aliphatic rings. The Balaban J connectivity index is 2.13. The van der Waals surface area contributed by atoms with Crippen LogP contribution in [0.3, 0.4) is 0 Å². The second kappa shape index (κ2) is 5.82. The quantitative estimate of drug-likeness (QED) is 0.807. The molecule has 1 N–H and O–H groups in total. The van der Waals surface area contributed by atoms with Crippen LogP contribution in [0.2, 0.25) is 0 Å². The first-order valence-electron chi connectivity index (χ1n) is 5.89. The molecule has 0 spiro atoms. The van der Waals surface area contributed by atoms with Crippen LogP contribution in [0.1, 0.15) is 6.92 Å². The minimum absolute atomic E-state index is 0.107. The third kappa shape index (κ3) is 3.08. The van der Waals surface area contributed by atoms with E-state index in [1.807, 2.05) is 49.4 Å². The molecule has 0 unspecified atom stereocenters. The molecule has 0 fully saturated rings. The summed E-state index contributed by atoms with van der Waals surface area (Å²) in [6, 6.07) is 18.0. The van der Waals surface area contributed by atoms with Gasteiger partial charge >= 0.3 is 0 Å². The predicted octanol–water partition coefficient (Wildman–Crippen LogP) is 3.87. The van der Waals surface area contributed by atoms with Gasteiger partial charge in [0.25, 0.3) is 0 Å². The van der Waals surface area contributed by atoms with Crippen molar-refractivity contribution in [3.63, 3.8) is 0 Å². The first-order chi connectivity index (χ1) is 8.79. The molecule has 2 nitrogen and oxygen atoms in total. The molecule has 0 atom stereocenters. The molecule has 0 aromatic heterocycles. The summed E-state index contributed by atoms with van der Waals surface area (Å²) >= 11 is 0. The van der Waals surface area contributed by atoms with E-state index < -0.39 is 0 Å². The van der Waals surface area contributed by atoms with E-state index in [-0.39, 0.29) is 5.91 Å². The third-order valence-electron chi connectivity index (χ3n) is 2.58. The van der Waals surface area contributed by atoms with Crippen molar-refractivity contribution in [1.82, 2.24) is 0 Å². The molecule has 0 radical (unpaired) electrons. The number of benzene rings is 2. The second-order valence-electron chi connectivity index (χ2n) is 3.93. The van der Waals surface area contributed by atoms with Crippen molar-refractivity contribution in [2.45, 2.75) is 6.92 Å². The molecule has 1 amide bonds. The SMILES string of the molecule is CC=CC(=O)Nc1ccc(-c2ccccc2)cc1. The predicted molar refractivity (Wildman–Crippen MR) is 75.3 cm³/mol. The first kappa shape index (κ1) is 12.1. The molecule has 2 heteroatoms. The van der Waals surface area contributed by atoms with Gasteiger partial charge in [0, 0.05) is 5.69 Å². The Morgan fingerprint density at radius 2 is 1.56 bits per heavy atom. The zero-order chi connectivity index (χ0) is 12.8. The lowest BCUT2D eigenvalue weighted by Gasteiger charge is -2.04. The number of carbonyl (C=O) groups excluding carboxylic acids is 1. The number of allylic oxidation sites excluding steroid dienone is 1. The monoisotopic (exact) mass is 237 g/mol. The molecule has 0 saturated heterocycles. The van der Waals surface area contributed by atoms with Crippen molar-refractivity contribution in [2.75, 3.05) is 5.32 Å². The standard InChI is InChI=1S/C16H15NO/c1-2-6-16(18)17-15-11-9-14(10-12-15)13-7-4-3-5-8-13/h2-12H,1H3,(H,17,18). The van der Waals surface area contributed by atoms with E-state index in [4.69, 9.17) is 0 Å². The summed E-state index contributed by atoms with van der Waals surface area (Å²) in [7, 11) is 0. The molecule has 18 heavy (non-hydrogen) atoms. The van der Waals surface area contributed by atoms with Crippen molar-refractivity contribution < 1.29 is 4.79 Å². The molecule has 0 saturated carbocycles. The van der Waals surface area contributed by atoms with Gasteiger partial charge in [-0.25, -0.2) is 0 Å². The van der Waals surface area contributed by atoms with Gasteiger partial charge in [0.1, 0.15) is 0 Å². The molecular formula is C16H15NO. The zero-order valence-corrected chi connectivity index (χ0v) is 10.3. The van der Waals surface area contributed by atoms with Gasteiger partial charge in [-0.15, -0.1) is 0 Å². The largest absolute Gasteiger partial charge is 0.323 e. The number of carbonyl (C=O) groups is 1. The van der Waals surface area contributed by atoms with Gasteiger partial charge in [-0.05, 0) is 36.3 Å². The number of hydrogen-bond donors (Lipinski definition) is 1. The maximum absolute atomic E-state index is 11.4. The van der Waals surface area contributed by atoms with E-state index in [0.717, 1.165) is 11.3 Å². The maximum Gasteiger partial charge on any atom is 0.248 e. The van der Waals surface area contributed by atoms with E-state index in [9.17, 15) is 4.79 Å². The highest BCUT2D eigenvalue weighted by molar-refractivity contribution is 5.99. The van der Waals surface area contributed by atoms with Gasteiger partial charge in [0.15, 0.2) is 0 Å². The fourth-order valence-electron chi connectivity index (χ4n) is 1.71. The average molecular weight is 237 g/mol. The number of amides is 1. The lowest BCUT2D eigenvalue weighted by atomic mass is 10.1. The summed E-state index contributed by atoms with van der Waals surface area (Å²) in [5, 5.41) is 2.80. The van der Waals surface area contributed by atoms with Crippen LogP contribution in [-0.2, 0) is 4.79 Å². The topological polar surface area (TPSA) is 29.1 Å². The Hall–Kier alpha value is -2.35. The summed E-state index contributed by atoms with van der Waals surface area (Å²) in [6.07, 6.45) is 3.22. The lowest BCUT2D eigenvalue weighted by molar-refractivity contribution is -0.111. The average Bonchev–Trinajstić information content (AvgIpc) is 2.41. The maximum atomic E-state index is 11.4. The number of hydrogen-bond acceptors (Lipinski definition) is 1. The Bertz CT molecular complexity index is 541. The van der Waals surface area contributed by atoms with Crippen LogP contribution >= 0.6 is 0 Å². The first-order valence-corrected chi connectivity index (χ1v) is 5.89. The molecule has 2 rings (SSSR count). The minimum atomic E-state index is -0.107. The summed E-state index contributed by atoms with van der Waals surface area (Å²) in [4.78, 5) is 11.4. The van der Waals surface area contributed by atoms with Crippen LogP contribution in [0, 0.1) is 0 Å². The van der Waals surface area contributed by atoms with Gasteiger partial charge in [-0.1, -0.05) is 48.5 Å². The van der Waals surface area contributed by atoms with Crippen LogP contribution in [-0.4, -0.2) is 5.91 Å². The van der Waals surface area contributed by atoms with Crippen LogP contribution in [0.5, 0.6) is 0 Å². The fraction of sp³-hybridized carbons (Fsp3) is 0.0625. The van der Waals surface area contributed by atoms with Crippen molar-refractivity contribution in [1.29, 1.82) is 0 Å². The Morgan fingerprint density at radius 3 is 2.17 bits per heavy atom. The summed E-state index contributed by atoms with van der Waals surface area (Å²) < 4.78 is 0. The van der Waals surface area contributed by atoms with Crippen LogP contribution in [0.25, 0.3) is 11.1 Å². The van der Waals surface area contributed by atoms with E-state index >= 15 is 0 Å².